The Morgan fingerprint density at radius 1 is 1.28 bits per heavy atom. The molecule has 1 fully saturated rings. The minimum atomic E-state index is 0.575. The van der Waals surface area contributed by atoms with Crippen LogP contribution >= 0.6 is 0 Å². The van der Waals surface area contributed by atoms with Crippen molar-refractivity contribution in [3.8, 4) is 11.3 Å². The number of anilines is 1. The SMILES string of the molecule is CC1Cc2c(NC3CC3)n[nH]c2-c2ccccc21. The molecule has 1 atom stereocenters. The molecule has 18 heavy (non-hydrogen) atoms. The molecule has 92 valence electrons. The third kappa shape index (κ3) is 1.47. The van der Waals surface area contributed by atoms with Gasteiger partial charge in [0.1, 0.15) is 0 Å². The van der Waals surface area contributed by atoms with Gasteiger partial charge in [-0.1, -0.05) is 31.2 Å². The fourth-order valence-corrected chi connectivity index (χ4v) is 2.90. The zero-order valence-corrected chi connectivity index (χ0v) is 10.5. The fraction of sp³-hybridized carbons (Fsp3) is 0.400. The monoisotopic (exact) mass is 239 g/mol. The summed E-state index contributed by atoms with van der Waals surface area (Å²) < 4.78 is 0. The predicted molar refractivity (Wildman–Crippen MR) is 72.8 cm³/mol. The Labute approximate surface area is 107 Å². The number of benzene rings is 1. The first-order chi connectivity index (χ1) is 8.83. The molecule has 0 amide bonds. The molecule has 3 heteroatoms. The molecule has 2 aliphatic carbocycles. The molecule has 1 saturated carbocycles. The van der Waals surface area contributed by atoms with Gasteiger partial charge in [0.05, 0.1) is 5.69 Å². The fourth-order valence-electron chi connectivity index (χ4n) is 2.90. The molecule has 1 unspecified atom stereocenters. The summed E-state index contributed by atoms with van der Waals surface area (Å²) in [5.74, 6) is 1.65. The van der Waals surface area contributed by atoms with E-state index in [1.54, 1.807) is 0 Å². The second-order valence-corrected chi connectivity index (χ2v) is 5.54. The minimum absolute atomic E-state index is 0.575. The summed E-state index contributed by atoms with van der Waals surface area (Å²) in [7, 11) is 0. The Kier molecular flexibility index (Phi) is 2.04. The first-order valence-electron chi connectivity index (χ1n) is 6.76. The van der Waals surface area contributed by atoms with E-state index in [4.69, 9.17) is 0 Å². The van der Waals surface area contributed by atoms with E-state index in [-0.39, 0.29) is 0 Å². The van der Waals surface area contributed by atoms with Crippen molar-refractivity contribution in [2.75, 3.05) is 5.32 Å². The zero-order chi connectivity index (χ0) is 12.1. The standard InChI is InChI=1S/C15H17N3/c1-9-8-13-14(12-5-3-2-4-11(9)12)17-18-15(13)16-10-6-7-10/h2-5,9-10H,6-8H2,1H3,(H2,16,17,18). The van der Waals surface area contributed by atoms with E-state index in [1.165, 1.54) is 35.2 Å². The summed E-state index contributed by atoms with van der Waals surface area (Å²) in [4.78, 5) is 0. The minimum Gasteiger partial charge on any atom is -0.366 e. The molecule has 1 heterocycles. The number of nitrogens with zero attached hydrogens (tertiary/aromatic N) is 1. The van der Waals surface area contributed by atoms with Gasteiger partial charge in [0.2, 0.25) is 0 Å². The predicted octanol–water partition coefficient (Wildman–Crippen LogP) is 3.31. The van der Waals surface area contributed by atoms with Crippen LogP contribution in [0.3, 0.4) is 0 Å². The second kappa shape index (κ2) is 3.61. The third-order valence-electron chi connectivity index (χ3n) is 4.06. The zero-order valence-electron chi connectivity index (χ0n) is 10.5. The second-order valence-electron chi connectivity index (χ2n) is 5.54. The molecule has 0 spiro atoms. The van der Waals surface area contributed by atoms with Crippen molar-refractivity contribution in [1.29, 1.82) is 0 Å². The van der Waals surface area contributed by atoms with Crippen LogP contribution in [-0.4, -0.2) is 16.2 Å². The number of hydrogen-bond acceptors (Lipinski definition) is 2. The summed E-state index contributed by atoms with van der Waals surface area (Å²) in [6.45, 7) is 2.30. The maximum absolute atomic E-state index is 4.48. The van der Waals surface area contributed by atoms with Gasteiger partial charge >= 0.3 is 0 Å². The highest BCUT2D eigenvalue weighted by molar-refractivity contribution is 5.75. The molecule has 2 aromatic rings. The van der Waals surface area contributed by atoms with Crippen molar-refractivity contribution in [3.63, 3.8) is 0 Å². The molecular formula is C15H17N3. The van der Waals surface area contributed by atoms with Crippen LogP contribution in [-0.2, 0) is 6.42 Å². The lowest BCUT2D eigenvalue weighted by atomic mass is 9.83. The highest BCUT2D eigenvalue weighted by Gasteiger charge is 2.29. The van der Waals surface area contributed by atoms with E-state index in [2.05, 4.69) is 46.7 Å². The van der Waals surface area contributed by atoms with E-state index >= 15 is 0 Å². The maximum atomic E-state index is 4.48. The van der Waals surface area contributed by atoms with Crippen molar-refractivity contribution in [2.45, 2.75) is 38.1 Å². The van der Waals surface area contributed by atoms with Crippen LogP contribution in [0.25, 0.3) is 11.3 Å². The largest absolute Gasteiger partial charge is 0.366 e. The maximum Gasteiger partial charge on any atom is 0.151 e. The number of aromatic nitrogens is 2. The average Bonchev–Trinajstić information content (AvgIpc) is 3.12. The van der Waals surface area contributed by atoms with Crippen molar-refractivity contribution in [1.82, 2.24) is 10.2 Å². The number of rotatable bonds is 2. The summed E-state index contributed by atoms with van der Waals surface area (Å²) in [5, 5.41) is 11.2. The topological polar surface area (TPSA) is 40.7 Å². The van der Waals surface area contributed by atoms with Gasteiger partial charge in [0.15, 0.2) is 5.82 Å². The smallest absolute Gasteiger partial charge is 0.151 e. The molecule has 0 radical (unpaired) electrons. The van der Waals surface area contributed by atoms with Crippen LogP contribution in [0, 0.1) is 0 Å². The number of H-pyrrole nitrogens is 1. The van der Waals surface area contributed by atoms with Gasteiger partial charge in [-0.15, -0.1) is 0 Å². The van der Waals surface area contributed by atoms with Crippen molar-refractivity contribution in [2.24, 2.45) is 0 Å². The van der Waals surface area contributed by atoms with Gasteiger partial charge in [-0.25, -0.2) is 0 Å². The van der Waals surface area contributed by atoms with Crippen LogP contribution < -0.4 is 5.32 Å². The van der Waals surface area contributed by atoms with Gasteiger partial charge in [-0.2, -0.15) is 5.10 Å². The van der Waals surface area contributed by atoms with Crippen LogP contribution in [0.15, 0.2) is 24.3 Å². The Hall–Kier alpha value is -1.77. The summed E-state index contributed by atoms with van der Waals surface area (Å²) >= 11 is 0. The van der Waals surface area contributed by atoms with E-state index in [0.717, 1.165) is 12.2 Å². The van der Waals surface area contributed by atoms with E-state index in [1.807, 2.05) is 0 Å². The lowest BCUT2D eigenvalue weighted by Crippen LogP contribution is -2.10. The molecule has 3 nitrogen and oxygen atoms in total. The molecule has 0 bridgehead atoms. The molecule has 2 N–H and O–H groups in total. The molecular weight excluding hydrogens is 222 g/mol. The van der Waals surface area contributed by atoms with Gasteiger partial charge in [-0.3, -0.25) is 5.10 Å². The van der Waals surface area contributed by atoms with Crippen LogP contribution in [0.1, 0.15) is 36.8 Å². The van der Waals surface area contributed by atoms with Gasteiger partial charge in [0.25, 0.3) is 0 Å². The number of nitrogens with one attached hydrogen (secondary N) is 2. The Balaban J connectivity index is 1.82. The lowest BCUT2D eigenvalue weighted by Gasteiger charge is -2.22. The molecule has 0 saturated heterocycles. The first kappa shape index (κ1) is 10.2. The Morgan fingerprint density at radius 2 is 2.11 bits per heavy atom. The van der Waals surface area contributed by atoms with E-state index in [0.29, 0.717) is 12.0 Å². The Morgan fingerprint density at radius 3 is 2.94 bits per heavy atom. The molecule has 0 aliphatic heterocycles. The molecule has 1 aromatic carbocycles. The third-order valence-corrected chi connectivity index (χ3v) is 4.06. The van der Waals surface area contributed by atoms with E-state index in [9.17, 15) is 0 Å². The highest BCUT2D eigenvalue weighted by Crippen LogP contribution is 2.41. The van der Waals surface area contributed by atoms with Crippen molar-refractivity contribution < 1.29 is 0 Å². The van der Waals surface area contributed by atoms with Gasteiger partial charge in [0, 0.05) is 17.2 Å². The van der Waals surface area contributed by atoms with Gasteiger partial charge in [-0.05, 0) is 30.7 Å². The summed E-state index contributed by atoms with van der Waals surface area (Å²) in [6, 6.07) is 9.32. The lowest BCUT2D eigenvalue weighted by molar-refractivity contribution is 0.749. The van der Waals surface area contributed by atoms with Crippen molar-refractivity contribution in [3.05, 3.63) is 35.4 Å². The van der Waals surface area contributed by atoms with Crippen LogP contribution in [0.2, 0.25) is 0 Å². The molecule has 4 rings (SSSR count). The van der Waals surface area contributed by atoms with E-state index < -0.39 is 0 Å². The number of aromatic amines is 1. The quantitative estimate of drug-likeness (QED) is 0.844. The number of fused-ring (bicyclic) bond motifs is 3. The Bertz CT molecular complexity index is 596. The first-order valence-corrected chi connectivity index (χ1v) is 6.76. The average molecular weight is 239 g/mol. The number of hydrogen-bond donors (Lipinski definition) is 2. The highest BCUT2D eigenvalue weighted by atomic mass is 15.2. The normalized spacial score (nSPS) is 21.3. The summed E-state index contributed by atoms with van der Waals surface area (Å²) in [6.07, 6.45) is 3.65. The van der Waals surface area contributed by atoms with Gasteiger partial charge < -0.3 is 5.32 Å². The van der Waals surface area contributed by atoms with Crippen LogP contribution in [0.4, 0.5) is 5.82 Å². The molecule has 1 aromatic heterocycles. The van der Waals surface area contributed by atoms with Crippen LogP contribution in [0.5, 0.6) is 0 Å². The molecule has 2 aliphatic rings. The summed E-state index contributed by atoms with van der Waals surface area (Å²) in [5.41, 5.74) is 5.34. The van der Waals surface area contributed by atoms with Crippen molar-refractivity contribution >= 4 is 5.82 Å².